The molecule has 5 nitrogen and oxygen atoms in total. The first-order chi connectivity index (χ1) is 5.54. The third-order valence-electron chi connectivity index (χ3n) is 1.77. The van der Waals surface area contributed by atoms with Gasteiger partial charge in [-0.1, -0.05) is 0 Å². The van der Waals surface area contributed by atoms with E-state index < -0.39 is 6.03 Å². The normalized spacial score (nSPS) is 14.6. The van der Waals surface area contributed by atoms with Gasteiger partial charge >= 0.3 is 6.03 Å². The zero-order valence-electron chi connectivity index (χ0n) is 7.85. The maximum atomic E-state index is 11.2. The molecule has 14 heavy (non-hydrogen) atoms. The van der Waals surface area contributed by atoms with Crippen LogP contribution >= 0.6 is 48.0 Å². The minimum Gasteiger partial charge on any atom is -0.275 e. The molecule has 1 fully saturated rings. The fraction of sp³-hybridized carbons (Fsp3) is 0.571. The molecule has 1 rings (SSSR count). The summed E-state index contributed by atoms with van der Waals surface area (Å²) < 4.78 is 0. The predicted molar refractivity (Wildman–Crippen MR) is 71.0 cm³/mol. The molecule has 0 unspecified atom stereocenters. The van der Waals surface area contributed by atoms with E-state index in [4.69, 9.17) is 0 Å². The summed E-state index contributed by atoms with van der Waals surface area (Å²) in [5.74, 6) is -0.632. The second-order valence-corrected chi connectivity index (χ2v) is 2.62. The van der Waals surface area contributed by atoms with E-state index in [2.05, 4.69) is 0 Å². The van der Waals surface area contributed by atoms with Gasteiger partial charge in [-0.25, -0.2) is 4.79 Å². The minimum atomic E-state index is -0.505. The van der Waals surface area contributed by atoms with Crippen LogP contribution in [0.15, 0.2) is 0 Å². The Morgan fingerprint density at radius 1 is 1.00 bits per heavy atom. The number of carbonyl (C=O) groups excluding carboxylic acids is 3. The molecule has 0 bridgehead atoms. The Bertz CT molecular complexity index is 233. The summed E-state index contributed by atoms with van der Waals surface area (Å²) in [6.45, 7) is 3.24. The van der Waals surface area contributed by atoms with Gasteiger partial charge < -0.3 is 0 Å². The van der Waals surface area contributed by atoms with E-state index in [-0.39, 0.29) is 59.8 Å². The molecule has 1 heterocycles. The number of hydrogen-bond donors (Lipinski definition) is 0. The molecular formula is C7H12I2N2O3. The number of imide groups is 2. The average molecular weight is 426 g/mol. The predicted octanol–water partition coefficient (Wildman–Crippen LogP) is 1.05. The van der Waals surface area contributed by atoms with Crippen molar-refractivity contribution in [2.45, 2.75) is 13.8 Å². The molecule has 7 heteroatoms. The van der Waals surface area contributed by atoms with E-state index in [0.29, 0.717) is 13.1 Å². The van der Waals surface area contributed by atoms with Gasteiger partial charge in [0.15, 0.2) is 0 Å². The van der Waals surface area contributed by atoms with Gasteiger partial charge in [-0.05, 0) is 0 Å². The highest BCUT2D eigenvalue weighted by Gasteiger charge is 2.33. The summed E-state index contributed by atoms with van der Waals surface area (Å²) in [4.78, 5) is 34.9. The highest BCUT2D eigenvalue weighted by molar-refractivity contribution is 14.0. The van der Waals surface area contributed by atoms with Crippen molar-refractivity contribution in [2.75, 3.05) is 13.1 Å². The van der Waals surface area contributed by atoms with Gasteiger partial charge in [0.2, 0.25) is 11.8 Å². The largest absolute Gasteiger partial charge is 0.333 e. The van der Waals surface area contributed by atoms with E-state index in [9.17, 15) is 14.4 Å². The standard InChI is InChI=1S/C7H10N2O3.2HI/c1-5(10)8-3-4-9(6(2)11)7(8)12;;/h3-4H2,1-2H3;2*1H. The van der Waals surface area contributed by atoms with E-state index >= 15 is 0 Å². The molecule has 4 amide bonds. The number of amides is 4. The van der Waals surface area contributed by atoms with Gasteiger partial charge in [0, 0.05) is 26.9 Å². The van der Waals surface area contributed by atoms with Crippen LogP contribution in [0.25, 0.3) is 0 Å². The third-order valence-corrected chi connectivity index (χ3v) is 1.77. The van der Waals surface area contributed by atoms with Gasteiger partial charge in [-0.2, -0.15) is 0 Å². The van der Waals surface area contributed by atoms with Gasteiger partial charge in [0.1, 0.15) is 0 Å². The van der Waals surface area contributed by atoms with Crippen molar-refractivity contribution in [3.05, 3.63) is 0 Å². The maximum Gasteiger partial charge on any atom is 0.333 e. The summed E-state index contributed by atoms with van der Waals surface area (Å²) in [7, 11) is 0. The first kappa shape index (κ1) is 16.5. The van der Waals surface area contributed by atoms with Crippen LogP contribution in [0, 0.1) is 0 Å². The number of nitrogens with zero attached hydrogens (tertiary/aromatic N) is 2. The van der Waals surface area contributed by atoms with Crippen LogP contribution in [0.2, 0.25) is 0 Å². The van der Waals surface area contributed by atoms with E-state index in [1.807, 2.05) is 0 Å². The second-order valence-electron chi connectivity index (χ2n) is 2.62. The molecule has 1 aliphatic rings. The molecule has 0 aromatic rings. The lowest BCUT2D eigenvalue weighted by molar-refractivity contribution is -0.126. The lowest BCUT2D eigenvalue weighted by Gasteiger charge is -2.12. The molecular weight excluding hydrogens is 414 g/mol. The first-order valence-corrected chi connectivity index (χ1v) is 3.64. The quantitative estimate of drug-likeness (QED) is 0.545. The molecule has 1 aliphatic heterocycles. The van der Waals surface area contributed by atoms with Crippen molar-refractivity contribution >= 4 is 65.8 Å². The highest BCUT2D eigenvalue weighted by atomic mass is 127. The average Bonchev–Trinajstić information content (AvgIpc) is 2.30. The summed E-state index contributed by atoms with van der Waals surface area (Å²) in [5.41, 5.74) is 0. The minimum absolute atomic E-state index is 0. The Balaban J connectivity index is 0. The van der Waals surface area contributed by atoms with Crippen molar-refractivity contribution in [1.29, 1.82) is 0 Å². The van der Waals surface area contributed by atoms with Gasteiger partial charge in [0.25, 0.3) is 0 Å². The maximum absolute atomic E-state index is 11.2. The molecule has 82 valence electrons. The van der Waals surface area contributed by atoms with Crippen molar-refractivity contribution in [3.8, 4) is 0 Å². The molecule has 0 N–H and O–H groups in total. The summed E-state index contributed by atoms with van der Waals surface area (Å²) in [6, 6.07) is -0.505. The Morgan fingerprint density at radius 2 is 1.29 bits per heavy atom. The monoisotopic (exact) mass is 426 g/mol. The summed E-state index contributed by atoms with van der Waals surface area (Å²) in [5, 5.41) is 0. The Kier molecular flexibility index (Phi) is 7.70. The summed E-state index contributed by atoms with van der Waals surface area (Å²) >= 11 is 0. The fourth-order valence-corrected chi connectivity index (χ4v) is 1.12. The van der Waals surface area contributed by atoms with Crippen LogP contribution in [0.4, 0.5) is 4.79 Å². The number of carbonyl (C=O) groups is 3. The first-order valence-electron chi connectivity index (χ1n) is 3.64. The van der Waals surface area contributed by atoms with Crippen molar-refractivity contribution < 1.29 is 14.4 Å². The lowest BCUT2D eigenvalue weighted by Crippen LogP contribution is -2.36. The van der Waals surface area contributed by atoms with E-state index in [1.165, 1.54) is 13.8 Å². The SMILES string of the molecule is CC(=O)N1CCN(C(C)=O)C1=O.I.I. The molecule has 0 radical (unpaired) electrons. The zero-order chi connectivity index (χ0) is 9.30. The van der Waals surface area contributed by atoms with E-state index in [1.54, 1.807) is 0 Å². The lowest BCUT2D eigenvalue weighted by atomic mass is 10.5. The van der Waals surface area contributed by atoms with Crippen LogP contribution in [-0.2, 0) is 9.59 Å². The smallest absolute Gasteiger partial charge is 0.275 e. The Morgan fingerprint density at radius 3 is 1.43 bits per heavy atom. The molecule has 0 aromatic heterocycles. The molecule has 0 spiro atoms. The molecule has 0 atom stereocenters. The van der Waals surface area contributed by atoms with Gasteiger partial charge in [-0.15, -0.1) is 48.0 Å². The topological polar surface area (TPSA) is 57.7 Å². The van der Waals surface area contributed by atoms with Crippen molar-refractivity contribution in [2.24, 2.45) is 0 Å². The fourth-order valence-electron chi connectivity index (χ4n) is 1.12. The molecule has 0 saturated carbocycles. The molecule has 1 saturated heterocycles. The Labute approximate surface area is 116 Å². The van der Waals surface area contributed by atoms with Crippen LogP contribution < -0.4 is 0 Å². The molecule has 0 aromatic carbocycles. The number of hydrogen-bond acceptors (Lipinski definition) is 3. The highest BCUT2D eigenvalue weighted by Crippen LogP contribution is 2.08. The number of rotatable bonds is 0. The van der Waals surface area contributed by atoms with E-state index in [0.717, 1.165) is 9.80 Å². The Hall–Kier alpha value is 0.0700. The number of urea groups is 1. The van der Waals surface area contributed by atoms with Crippen molar-refractivity contribution in [3.63, 3.8) is 0 Å². The van der Waals surface area contributed by atoms with Crippen LogP contribution in [-0.4, -0.2) is 40.7 Å². The van der Waals surface area contributed by atoms with Gasteiger partial charge in [-0.3, -0.25) is 19.4 Å². The molecule has 0 aliphatic carbocycles. The number of halogens is 2. The van der Waals surface area contributed by atoms with Gasteiger partial charge in [0.05, 0.1) is 0 Å². The zero-order valence-corrected chi connectivity index (χ0v) is 12.5. The van der Waals surface area contributed by atoms with Crippen molar-refractivity contribution in [1.82, 2.24) is 9.80 Å². The third kappa shape index (κ3) is 3.33. The van der Waals surface area contributed by atoms with Crippen LogP contribution in [0.1, 0.15) is 13.8 Å². The van der Waals surface area contributed by atoms with Crippen LogP contribution in [0.3, 0.4) is 0 Å². The second kappa shape index (κ2) is 6.53. The van der Waals surface area contributed by atoms with Crippen LogP contribution in [0.5, 0.6) is 0 Å². The summed E-state index contributed by atoms with van der Waals surface area (Å²) in [6.07, 6.45) is 0.